The number of morpholine rings is 1. The molecule has 0 aliphatic carbocycles. The monoisotopic (exact) mass is 561 g/mol. The molecular weight excluding hydrogens is 530 g/mol. The van der Waals surface area contributed by atoms with Crippen LogP contribution in [0.2, 0.25) is 0 Å². The Morgan fingerprint density at radius 3 is 2.67 bits per heavy atom. The molecule has 0 unspecified atom stereocenters. The Balaban J connectivity index is 1.08. The molecular formula is C28H31N7O4S. The highest BCUT2D eigenvalue weighted by Crippen LogP contribution is 2.31. The molecule has 1 aliphatic heterocycles. The van der Waals surface area contributed by atoms with Gasteiger partial charge in [-0.05, 0) is 12.1 Å². The summed E-state index contributed by atoms with van der Waals surface area (Å²) in [6.45, 7) is 10.9. The first-order valence-electron chi connectivity index (χ1n) is 13.2. The molecule has 1 aliphatic rings. The van der Waals surface area contributed by atoms with E-state index in [-0.39, 0.29) is 5.41 Å². The van der Waals surface area contributed by atoms with Crippen LogP contribution in [0.4, 0.5) is 16.3 Å². The van der Waals surface area contributed by atoms with Crippen LogP contribution in [0.3, 0.4) is 0 Å². The summed E-state index contributed by atoms with van der Waals surface area (Å²) in [7, 11) is 0. The van der Waals surface area contributed by atoms with E-state index in [4.69, 9.17) is 19.0 Å². The van der Waals surface area contributed by atoms with Gasteiger partial charge in [-0.15, -0.1) is 0 Å². The number of rotatable bonds is 7. The lowest BCUT2D eigenvalue weighted by Crippen LogP contribution is -2.38. The Morgan fingerprint density at radius 1 is 1.12 bits per heavy atom. The average Bonchev–Trinajstić information content (AvgIpc) is 3.64. The predicted octanol–water partition coefficient (Wildman–Crippen LogP) is 5.25. The van der Waals surface area contributed by atoms with Gasteiger partial charge in [0.25, 0.3) is 0 Å². The molecule has 208 valence electrons. The van der Waals surface area contributed by atoms with Gasteiger partial charge in [0.05, 0.1) is 35.3 Å². The maximum Gasteiger partial charge on any atom is 0.324 e. The molecule has 40 heavy (non-hydrogen) atoms. The van der Waals surface area contributed by atoms with Crippen LogP contribution in [0.15, 0.2) is 53.3 Å². The van der Waals surface area contributed by atoms with Crippen LogP contribution in [-0.4, -0.2) is 69.9 Å². The second-order valence-corrected chi connectivity index (χ2v) is 11.7. The van der Waals surface area contributed by atoms with E-state index in [1.54, 1.807) is 17.4 Å². The van der Waals surface area contributed by atoms with Crippen LogP contribution in [0, 0.1) is 0 Å². The molecule has 2 amide bonds. The summed E-state index contributed by atoms with van der Waals surface area (Å²) in [4.78, 5) is 25.0. The molecule has 5 heterocycles. The molecule has 0 radical (unpaired) electrons. The number of benzene rings is 1. The number of hydrogen-bond donors (Lipinski definition) is 2. The van der Waals surface area contributed by atoms with Gasteiger partial charge in [-0.2, -0.15) is 0 Å². The smallest absolute Gasteiger partial charge is 0.324 e. The van der Waals surface area contributed by atoms with E-state index in [2.05, 4.69) is 25.7 Å². The van der Waals surface area contributed by atoms with Crippen LogP contribution in [0.5, 0.6) is 5.88 Å². The third-order valence-corrected chi connectivity index (χ3v) is 7.66. The number of imidazole rings is 1. The zero-order valence-corrected chi connectivity index (χ0v) is 23.5. The lowest BCUT2D eigenvalue weighted by molar-refractivity contribution is 0.0320. The molecule has 4 aromatic heterocycles. The number of fused-ring (bicyclic) bond motifs is 3. The maximum atomic E-state index is 12.4. The van der Waals surface area contributed by atoms with Crippen molar-refractivity contribution in [3.8, 4) is 17.1 Å². The summed E-state index contributed by atoms with van der Waals surface area (Å²) in [5.74, 6) is 1.69. The first-order valence-corrected chi connectivity index (χ1v) is 14.0. The number of urea groups is 1. The summed E-state index contributed by atoms with van der Waals surface area (Å²) in [6.07, 6.45) is 3.83. The molecule has 0 spiro atoms. The summed E-state index contributed by atoms with van der Waals surface area (Å²) in [6, 6.07) is 10.8. The fourth-order valence-electron chi connectivity index (χ4n) is 4.39. The summed E-state index contributed by atoms with van der Waals surface area (Å²) >= 11 is 1.59. The van der Waals surface area contributed by atoms with E-state index < -0.39 is 6.03 Å². The lowest BCUT2D eigenvalue weighted by Gasteiger charge is -2.26. The number of nitrogens with zero attached hydrogens (tertiary/aromatic N) is 5. The molecule has 2 N–H and O–H groups in total. The maximum absolute atomic E-state index is 12.4. The topological polar surface area (TPSA) is 119 Å². The van der Waals surface area contributed by atoms with Crippen molar-refractivity contribution >= 4 is 44.1 Å². The van der Waals surface area contributed by atoms with Crippen LogP contribution in [0.25, 0.3) is 26.4 Å². The number of ether oxygens (including phenoxy) is 2. The van der Waals surface area contributed by atoms with Crippen molar-refractivity contribution in [2.24, 2.45) is 0 Å². The molecule has 11 nitrogen and oxygen atoms in total. The van der Waals surface area contributed by atoms with Gasteiger partial charge >= 0.3 is 6.03 Å². The molecule has 0 bridgehead atoms. The Kier molecular flexibility index (Phi) is 7.13. The van der Waals surface area contributed by atoms with Crippen molar-refractivity contribution in [3.63, 3.8) is 0 Å². The average molecular weight is 562 g/mol. The van der Waals surface area contributed by atoms with Crippen molar-refractivity contribution in [2.75, 3.05) is 50.1 Å². The van der Waals surface area contributed by atoms with Crippen molar-refractivity contribution < 1.29 is 18.8 Å². The van der Waals surface area contributed by atoms with Gasteiger partial charge in [-0.1, -0.05) is 49.4 Å². The highest BCUT2D eigenvalue weighted by molar-refractivity contribution is 7.23. The minimum atomic E-state index is -0.396. The zero-order valence-electron chi connectivity index (χ0n) is 22.6. The number of nitrogens with one attached hydrogen (secondary N) is 2. The second kappa shape index (κ2) is 10.9. The molecule has 0 atom stereocenters. The molecule has 1 saturated heterocycles. The van der Waals surface area contributed by atoms with Crippen LogP contribution >= 0.6 is 11.3 Å². The van der Waals surface area contributed by atoms with Crippen LogP contribution in [0.1, 0.15) is 26.5 Å². The van der Waals surface area contributed by atoms with E-state index in [0.29, 0.717) is 29.8 Å². The molecule has 1 aromatic carbocycles. The quantitative estimate of drug-likeness (QED) is 0.277. The SMILES string of the molecule is CC(C)(C)c1cc(NC(=O)Nc2ccc(-c3cn4c(n3)sc3cc(OCCN5CCOCC5)ncc34)cc2)no1. The third-order valence-electron chi connectivity index (χ3n) is 6.65. The minimum absolute atomic E-state index is 0.190. The number of pyridine rings is 1. The van der Waals surface area contributed by atoms with E-state index in [1.165, 1.54) is 0 Å². The number of hydrogen-bond acceptors (Lipinski definition) is 9. The van der Waals surface area contributed by atoms with Gasteiger partial charge < -0.3 is 19.3 Å². The standard InChI is InChI=1S/C28H31N7O4S/c1-28(2,3)23-15-24(33-39-23)32-26(36)30-19-6-4-18(5-7-19)20-17-35-21-16-29-25(14-22(21)40-27(35)31-20)38-13-10-34-8-11-37-12-9-34/h4-7,14-17H,8-13H2,1-3H3,(H2,30,32,33,36). The van der Waals surface area contributed by atoms with Crippen molar-refractivity contribution in [2.45, 2.75) is 26.2 Å². The van der Waals surface area contributed by atoms with Crippen molar-refractivity contribution in [3.05, 3.63) is 54.6 Å². The molecule has 6 rings (SSSR count). The van der Waals surface area contributed by atoms with E-state index in [0.717, 1.165) is 59.3 Å². The van der Waals surface area contributed by atoms with Gasteiger partial charge in [0.1, 0.15) is 12.4 Å². The van der Waals surface area contributed by atoms with E-state index >= 15 is 0 Å². The Hall–Kier alpha value is -4.00. The fraction of sp³-hybridized carbons (Fsp3) is 0.357. The molecule has 5 aromatic rings. The minimum Gasteiger partial charge on any atom is -0.476 e. The zero-order chi connectivity index (χ0) is 27.7. The van der Waals surface area contributed by atoms with Crippen molar-refractivity contribution in [1.29, 1.82) is 0 Å². The normalized spacial score (nSPS) is 14.6. The highest BCUT2D eigenvalue weighted by atomic mass is 32.1. The largest absolute Gasteiger partial charge is 0.476 e. The Morgan fingerprint density at radius 2 is 1.93 bits per heavy atom. The third kappa shape index (κ3) is 5.79. The summed E-state index contributed by atoms with van der Waals surface area (Å²) in [5.41, 5.74) is 3.23. The number of carbonyl (C=O) groups excluding carboxylic acids is 1. The number of carbonyl (C=O) groups is 1. The summed E-state index contributed by atoms with van der Waals surface area (Å²) < 4.78 is 19.7. The lowest BCUT2D eigenvalue weighted by atomic mass is 9.93. The van der Waals surface area contributed by atoms with Crippen LogP contribution in [-0.2, 0) is 10.2 Å². The predicted molar refractivity (Wildman–Crippen MR) is 154 cm³/mol. The van der Waals surface area contributed by atoms with E-state index in [1.807, 2.05) is 67.9 Å². The van der Waals surface area contributed by atoms with Gasteiger partial charge in [-0.25, -0.2) is 14.8 Å². The van der Waals surface area contributed by atoms with Gasteiger partial charge in [0.15, 0.2) is 10.8 Å². The van der Waals surface area contributed by atoms with Crippen LogP contribution < -0.4 is 15.4 Å². The second-order valence-electron chi connectivity index (χ2n) is 10.7. The highest BCUT2D eigenvalue weighted by Gasteiger charge is 2.20. The van der Waals surface area contributed by atoms with Gasteiger partial charge in [-0.3, -0.25) is 14.6 Å². The summed E-state index contributed by atoms with van der Waals surface area (Å²) in [5, 5.41) is 9.43. The Labute approximate surface area is 235 Å². The molecule has 0 saturated carbocycles. The number of thiazole rings is 1. The van der Waals surface area contributed by atoms with Gasteiger partial charge in [0, 0.05) is 54.6 Å². The number of anilines is 2. The number of aromatic nitrogens is 4. The number of amides is 2. The fourth-order valence-corrected chi connectivity index (χ4v) is 5.40. The Bertz CT molecular complexity index is 1630. The van der Waals surface area contributed by atoms with E-state index in [9.17, 15) is 4.79 Å². The first kappa shape index (κ1) is 26.2. The van der Waals surface area contributed by atoms with Gasteiger partial charge in [0.2, 0.25) is 5.88 Å². The molecule has 12 heteroatoms. The van der Waals surface area contributed by atoms with Crippen molar-refractivity contribution in [1.82, 2.24) is 24.4 Å². The first-order chi connectivity index (χ1) is 19.3. The molecule has 1 fully saturated rings.